The van der Waals surface area contributed by atoms with Crippen molar-refractivity contribution < 1.29 is 13.8 Å². The quantitative estimate of drug-likeness (QED) is 0.287. The van der Waals surface area contributed by atoms with Crippen molar-refractivity contribution in [3.05, 3.63) is 99.6 Å². The van der Waals surface area contributed by atoms with Crippen LogP contribution in [-0.2, 0) is 11.3 Å². The zero-order valence-corrected chi connectivity index (χ0v) is 21.9. The summed E-state index contributed by atoms with van der Waals surface area (Å²) in [6.45, 7) is 5.87. The molecule has 2 aromatic heterocycles. The van der Waals surface area contributed by atoms with Gasteiger partial charge in [-0.05, 0) is 50.7 Å². The number of hydrogen-bond acceptors (Lipinski definition) is 6. The minimum Gasteiger partial charge on any atom is -0.360 e. The van der Waals surface area contributed by atoms with Crippen molar-refractivity contribution in [1.82, 2.24) is 15.2 Å². The number of halogens is 1. The maximum atomic E-state index is 14.3. The second-order valence-corrected chi connectivity index (χ2v) is 9.80. The SMILES string of the molecule is CC1=C2C(=O)N(c3cc(C)on3)c3ccccc3C2N(Cc2ccccc2Cl)C(=S)N1c1cc(C)on1. The number of benzene rings is 2. The Hall–Kier alpha value is -3.95. The molecule has 37 heavy (non-hydrogen) atoms. The van der Waals surface area contributed by atoms with Gasteiger partial charge in [0.25, 0.3) is 5.91 Å². The van der Waals surface area contributed by atoms with Crippen LogP contribution in [0.4, 0.5) is 17.3 Å². The van der Waals surface area contributed by atoms with E-state index in [1.807, 2.05) is 67.3 Å². The molecule has 2 aliphatic rings. The Morgan fingerprint density at radius 2 is 1.54 bits per heavy atom. The molecule has 0 saturated heterocycles. The summed E-state index contributed by atoms with van der Waals surface area (Å²) in [5, 5.41) is 9.48. The minimum absolute atomic E-state index is 0.216. The van der Waals surface area contributed by atoms with E-state index in [2.05, 4.69) is 10.3 Å². The lowest BCUT2D eigenvalue weighted by molar-refractivity contribution is -0.115. The lowest BCUT2D eigenvalue weighted by Crippen LogP contribution is -2.53. The number of hydrogen-bond donors (Lipinski definition) is 0. The van der Waals surface area contributed by atoms with Crippen molar-refractivity contribution in [3.8, 4) is 0 Å². The van der Waals surface area contributed by atoms with Crippen molar-refractivity contribution >= 4 is 52.2 Å². The molecule has 0 spiro atoms. The van der Waals surface area contributed by atoms with Gasteiger partial charge in [-0.15, -0.1) is 0 Å². The van der Waals surface area contributed by atoms with Gasteiger partial charge in [0.05, 0.1) is 17.3 Å². The van der Waals surface area contributed by atoms with Crippen molar-refractivity contribution in [2.75, 3.05) is 9.80 Å². The molecular weight excluding hydrogens is 510 g/mol. The molecule has 2 aliphatic heterocycles. The average Bonchev–Trinajstić information content (AvgIpc) is 3.50. The van der Waals surface area contributed by atoms with Crippen LogP contribution in [0.1, 0.15) is 35.6 Å². The maximum Gasteiger partial charge on any atom is 0.264 e. The van der Waals surface area contributed by atoms with E-state index in [0.717, 1.165) is 16.8 Å². The Morgan fingerprint density at radius 1 is 0.919 bits per heavy atom. The normalized spacial score (nSPS) is 17.4. The summed E-state index contributed by atoms with van der Waals surface area (Å²) in [5.74, 6) is 1.95. The van der Waals surface area contributed by atoms with Gasteiger partial charge in [0.2, 0.25) is 0 Å². The number of fused-ring (bicyclic) bond motifs is 3. The van der Waals surface area contributed by atoms with Crippen LogP contribution in [0.5, 0.6) is 0 Å². The number of allylic oxidation sites excluding steroid dienone is 1. The molecule has 0 bridgehead atoms. The molecule has 0 N–H and O–H groups in total. The second-order valence-electron chi connectivity index (χ2n) is 9.03. The first-order valence-electron chi connectivity index (χ1n) is 11.7. The van der Waals surface area contributed by atoms with Crippen LogP contribution in [0.3, 0.4) is 0 Å². The number of thiocarbonyl (C=S) groups is 1. The molecule has 4 aromatic rings. The van der Waals surface area contributed by atoms with Crippen LogP contribution in [-0.4, -0.2) is 26.2 Å². The molecule has 6 rings (SSSR count). The predicted molar refractivity (Wildman–Crippen MR) is 144 cm³/mol. The fourth-order valence-electron chi connectivity index (χ4n) is 4.99. The van der Waals surface area contributed by atoms with Crippen molar-refractivity contribution in [2.45, 2.75) is 33.4 Å². The monoisotopic (exact) mass is 531 g/mol. The summed E-state index contributed by atoms with van der Waals surface area (Å²) in [5.41, 5.74) is 3.76. The van der Waals surface area contributed by atoms with Gasteiger partial charge in [-0.25, -0.2) is 0 Å². The predicted octanol–water partition coefficient (Wildman–Crippen LogP) is 6.23. The van der Waals surface area contributed by atoms with Gasteiger partial charge in [0, 0.05) is 35.0 Å². The van der Waals surface area contributed by atoms with Gasteiger partial charge in [0.15, 0.2) is 16.7 Å². The number of amides is 1. The minimum atomic E-state index is -0.444. The van der Waals surface area contributed by atoms with E-state index < -0.39 is 6.04 Å². The molecule has 0 aliphatic carbocycles. The molecule has 1 amide bonds. The van der Waals surface area contributed by atoms with Crippen molar-refractivity contribution in [2.24, 2.45) is 0 Å². The smallest absolute Gasteiger partial charge is 0.264 e. The highest BCUT2D eigenvalue weighted by Gasteiger charge is 2.47. The van der Waals surface area contributed by atoms with Crippen molar-refractivity contribution in [3.63, 3.8) is 0 Å². The zero-order chi connectivity index (χ0) is 25.8. The summed E-state index contributed by atoms with van der Waals surface area (Å²) in [7, 11) is 0. The lowest BCUT2D eigenvalue weighted by Gasteiger charge is -2.48. The van der Waals surface area contributed by atoms with Crippen LogP contribution < -0.4 is 9.80 Å². The molecule has 1 atom stereocenters. The van der Waals surface area contributed by atoms with Gasteiger partial charge in [-0.1, -0.05) is 58.3 Å². The first-order valence-corrected chi connectivity index (χ1v) is 12.5. The number of carbonyl (C=O) groups excluding carboxylic acids is 1. The van der Waals surface area contributed by atoms with E-state index in [1.165, 1.54) is 0 Å². The van der Waals surface area contributed by atoms with Crippen LogP contribution in [0.2, 0.25) is 5.02 Å². The van der Waals surface area contributed by atoms with Crippen LogP contribution in [0.25, 0.3) is 0 Å². The first-order chi connectivity index (χ1) is 17.8. The van der Waals surface area contributed by atoms with Gasteiger partial charge < -0.3 is 13.9 Å². The van der Waals surface area contributed by atoms with E-state index in [9.17, 15) is 4.79 Å². The Balaban J connectivity index is 1.59. The van der Waals surface area contributed by atoms with Gasteiger partial charge in [-0.3, -0.25) is 14.6 Å². The molecular formula is C27H22ClN5O3S. The fraction of sp³-hybridized carbons (Fsp3) is 0.185. The summed E-state index contributed by atoms with van der Waals surface area (Å²) < 4.78 is 10.7. The molecule has 0 saturated carbocycles. The third-order valence-corrected chi connectivity index (χ3v) is 7.43. The Kier molecular flexibility index (Phi) is 5.62. The van der Waals surface area contributed by atoms with E-state index >= 15 is 0 Å². The first kappa shape index (κ1) is 23.4. The van der Waals surface area contributed by atoms with Crippen LogP contribution in [0, 0.1) is 13.8 Å². The molecule has 1 unspecified atom stereocenters. The number of carbonyl (C=O) groups is 1. The zero-order valence-electron chi connectivity index (χ0n) is 20.3. The van der Waals surface area contributed by atoms with E-state index in [1.54, 1.807) is 28.9 Å². The van der Waals surface area contributed by atoms with E-state index in [-0.39, 0.29) is 5.91 Å². The molecule has 0 fully saturated rings. The third kappa shape index (κ3) is 3.73. The Morgan fingerprint density at radius 3 is 2.19 bits per heavy atom. The number of aryl methyl sites for hydroxylation is 2. The van der Waals surface area contributed by atoms with E-state index in [4.69, 9.17) is 32.9 Å². The largest absolute Gasteiger partial charge is 0.360 e. The highest BCUT2D eigenvalue weighted by atomic mass is 35.5. The number of aromatic nitrogens is 2. The lowest BCUT2D eigenvalue weighted by atomic mass is 9.86. The summed E-state index contributed by atoms with van der Waals surface area (Å²) >= 11 is 12.6. The summed E-state index contributed by atoms with van der Waals surface area (Å²) in [6.07, 6.45) is 0. The molecule has 2 aromatic carbocycles. The summed E-state index contributed by atoms with van der Waals surface area (Å²) in [4.78, 5) is 19.7. The third-order valence-electron chi connectivity index (χ3n) is 6.64. The highest BCUT2D eigenvalue weighted by Crippen LogP contribution is 2.49. The fourth-order valence-corrected chi connectivity index (χ4v) is 5.58. The molecule has 186 valence electrons. The summed E-state index contributed by atoms with van der Waals surface area (Å²) in [6, 6.07) is 18.5. The van der Waals surface area contributed by atoms with Gasteiger partial charge in [-0.2, -0.15) is 0 Å². The molecule has 0 radical (unpaired) electrons. The second kappa shape index (κ2) is 8.86. The average molecular weight is 532 g/mol. The number of para-hydroxylation sites is 1. The van der Waals surface area contributed by atoms with Gasteiger partial charge >= 0.3 is 0 Å². The van der Waals surface area contributed by atoms with Crippen LogP contribution >= 0.6 is 23.8 Å². The van der Waals surface area contributed by atoms with Crippen LogP contribution in [0.15, 0.2) is 81.0 Å². The highest BCUT2D eigenvalue weighted by molar-refractivity contribution is 7.80. The van der Waals surface area contributed by atoms with E-state index in [0.29, 0.717) is 51.1 Å². The maximum absolute atomic E-state index is 14.3. The topological polar surface area (TPSA) is 78.9 Å². The molecule has 4 heterocycles. The number of anilines is 3. The van der Waals surface area contributed by atoms with Gasteiger partial charge in [0.1, 0.15) is 11.5 Å². The molecule has 10 heteroatoms. The Bertz CT molecular complexity index is 1590. The standard InChI is InChI=1S/C27H22ClN5O3S/c1-15-12-22(29-35-15)32-17(3)24-25(31(27(32)37)14-18-8-4-6-10-20(18)28)19-9-5-7-11-21(19)33(26(24)34)23-13-16(2)36-30-23/h4-13,25H,14H2,1-3H3. The number of nitrogens with zero attached hydrogens (tertiary/aromatic N) is 5. The Labute approximate surface area is 223 Å². The van der Waals surface area contributed by atoms with Crippen molar-refractivity contribution in [1.29, 1.82) is 0 Å². The number of rotatable bonds is 4. The molecule has 8 nitrogen and oxygen atoms in total.